The number of furan rings is 1. The van der Waals surface area contributed by atoms with Gasteiger partial charge in [0.2, 0.25) is 0 Å². The molecule has 1 spiro atoms. The van der Waals surface area contributed by atoms with E-state index < -0.39 is 34.1 Å². The topological polar surface area (TPSA) is 95.2 Å². The van der Waals surface area contributed by atoms with Crippen molar-refractivity contribution in [2.24, 2.45) is 28.1 Å². The summed E-state index contributed by atoms with van der Waals surface area (Å²) in [5, 5.41) is 11.2. The van der Waals surface area contributed by atoms with E-state index in [9.17, 15) is 14.7 Å². The number of cyclic esters (lactones) is 1. The second kappa shape index (κ2) is 7.44. The Hall–Kier alpha value is -2.12. The molecule has 1 aromatic rings. The number of carbonyl (C=O) groups is 2. The molecule has 3 heterocycles. The number of esters is 2. The molecule has 2 saturated carbocycles. The molecule has 7 heteroatoms. The van der Waals surface area contributed by atoms with Crippen molar-refractivity contribution >= 4 is 11.9 Å². The molecule has 4 aliphatic rings. The zero-order valence-electron chi connectivity index (χ0n) is 20.8. The zero-order chi connectivity index (χ0) is 24.7. The number of hydrogen-bond acceptors (Lipinski definition) is 7. The van der Waals surface area contributed by atoms with E-state index in [-0.39, 0.29) is 42.7 Å². The van der Waals surface area contributed by atoms with Gasteiger partial charge in [-0.3, -0.25) is 9.59 Å². The zero-order valence-corrected chi connectivity index (χ0v) is 20.8. The molecule has 5 rings (SSSR count). The quantitative estimate of drug-likeness (QED) is 0.516. The first-order valence-electron chi connectivity index (χ1n) is 12.3. The number of aliphatic hydroxyl groups is 1. The van der Waals surface area contributed by atoms with Crippen LogP contribution >= 0.6 is 0 Å². The van der Waals surface area contributed by atoms with Crippen molar-refractivity contribution in [2.45, 2.75) is 83.7 Å². The average molecular weight is 473 g/mol. The molecule has 2 aliphatic carbocycles. The minimum absolute atomic E-state index is 0.0386. The van der Waals surface area contributed by atoms with E-state index in [1.165, 1.54) is 7.11 Å². The van der Waals surface area contributed by atoms with E-state index in [1.54, 1.807) is 12.5 Å². The van der Waals surface area contributed by atoms with Crippen LogP contribution < -0.4 is 0 Å². The van der Waals surface area contributed by atoms with Gasteiger partial charge in [0.25, 0.3) is 0 Å². The maximum Gasteiger partial charge on any atom is 0.309 e. The number of methoxy groups -OCH3 is 1. The Morgan fingerprint density at radius 2 is 2.03 bits per heavy atom. The third-order valence-electron chi connectivity index (χ3n) is 10.2. The molecule has 7 nitrogen and oxygen atoms in total. The molecule has 1 aromatic heterocycles. The highest BCUT2D eigenvalue weighted by Crippen LogP contribution is 2.72. The standard InChI is InChI=1S/C27H36O7/c1-15-17-7-9-25(4)23(16-8-10-32-14-16)33-22(30)13-27(15,25)34-20-12-19(28)24(2,3)18(26(17,20)5)11-21(29)31-6/h8,10,14,17-20,23,28H,1,7,9,11-13H2,2-6H3/t17-,18-,19+,20+,23-,25-,26+,27+/m0/s1. The van der Waals surface area contributed by atoms with Gasteiger partial charge in [0.1, 0.15) is 11.7 Å². The predicted octanol–water partition coefficient (Wildman–Crippen LogP) is 4.35. The molecule has 1 N–H and O–H groups in total. The molecule has 186 valence electrons. The van der Waals surface area contributed by atoms with Crippen LogP contribution in [-0.4, -0.2) is 42.0 Å². The van der Waals surface area contributed by atoms with Crippen molar-refractivity contribution in [3.63, 3.8) is 0 Å². The third kappa shape index (κ3) is 2.83. The van der Waals surface area contributed by atoms with Crippen LogP contribution in [0.2, 0.25) is 0 Å². The van der Waals surface area contributed by atoms with Gasteiger partial charge in [0, 0.05) is 29.2 Å². The van der Waals surface area contributed by atoms with Crippen molar-refractivity contribution in [2.75, 3.05) is 7.11 Å². The number of carbonyl (C=O) groups excluding carboxylic acids is 2. The highest BCUT2D eigenvalue weighted by Gasteiger charge is 2.73. The minimum Gasteiger partial charge on any atom is -0.472 e. The number of aliphatic hydroxyl groups excluding tert-OH is 1. The summed E-state index contributed by atoms with van der Waals surface area (Å²) in [4.78, 5) is 25.5. The summed E-state index contributed by atoms with van der Waals surface area (Å²) in [6, 6.07) is 1.84. The second-order valence-electron chi connectivity index (χ2n) is 11.8. The highest BCUT2D eigenvalue weighted by molar-refractivity contribution is 5.74. The van der Waals surface area contributed by atoms with Crippen LogP contribution in [-0.2, 0) is 23.8 Å². The highest BCUT2D eigenvalue weighted by atomic mass is 16.6. The van der Waals surface area contributed by atoms with Gasteiger partial charge in [0.05, 0.1) is 38.3 Å². The monoisotopic (exact) mass is 472 g/mol. The lowest BCUT2D eigenvalue weighted by Gasteiger charge is -2.71. The Morgan fingerprint density at radius 1 is 1.29 bits per heavy atom. The first kappa shape index (κ1) is 23.6. The summed E-state index contributed by atoms with van der Waals surface area (Å²) in [6.07, 6.45) is 4.06. The molecule has 34 heavy (non-hydrogen) atoms. The second-order valence-corrected chi connectivity index (χ2v) is 11.8. The molecule has 0 amide bonds. The minimum atomic E-state index is -0.908. The molecular weight excluding hydrogens is 436 g/mol. The van der Waals surface area contributed by atoms with Crippen LogP contribution in [0.15, 0.2) is 35.2 Å². The molecule has 2 saturated heterocycles. The van der Waals surface area contributed by atoms with Crippen molar-refractivity contribution in [3.05, 3.63) is 36.3 Å². The predicted molar refractivity (Wildman–Crippen MR) is 122 cm³/mol. The summed E-state index contributed by atoms with van der Waals surface area (Å²) in [7, 11) is 1.40. The maximum absolute atomic E-state index is 13.0. The van der Waals surface area contributed by atoms with Gasteiger partial charge in [-0.2, -0.15) is 0 Å². The summed E-state index contributed by atoms with van der Waals surface area (Å²) in [5.41, 5.74) is -0.672. The fraction of sp³-hybridized carbons (Fsp3) is 0.704. The Balaban J connectivity index is 1.62. The van der Waals surface area contributed by atoms with E-state index >= 15 is 0 Å². The third-order valence-corrected chi connectivity index (χ3v) is 10.2. The fourth-order valence-corrected chi connectivity index (χ4v) is 8.07. The molecule has 4 fully saturated rings. The number of rotatable bonds is 3. The van der Waals surface area contributed by atoms with Gasteiger partial charge in [-0.25, -0.2) is 0 Å². The van der Waals surface area contributed by atoms with Crippen LogP contribution in [0.25, 0.3) is 0 Å². The van der Waals surface area contributed by atoms with Gasteiger partial charge in [-0.1, -0.05) is 34.3 Å². The SMILES string of the molecule is C=C1[C@@H]2CC[C@@]3(C)[C@H](c4ccoc4)OC(=O)C[C@@]13O[C@@H]1C[C@@H](O)C(C)(C)[C@H](CC(=O)OC)[C@]12C. The molecule has 8 atom stereocenters. The van der Waals surface area contributed by atoms with Crippen molar-refractivity contribution in [1.29, 1.82) is 0 Å². The van der Waals surface area contributed by atoms with Crippen molar-refractivity contribution < 1.29 is 33.3 Å². The van der Waals surface area contributed by atoms with Gasteiger partial charge in [-0.15, -0.1) is 0 Å². The fourth-order valence-electron chi connectivity index (χ4n) is 8.07. The maximum atomic E-state index is 13.0. The van der Waals surface area contributed by atoms with E-state index in [0.29, 0.717) is 6.42 Å². The average Bonchev–Trinajstić information content (AvgIpc) is 3.30. The molecule has 0 radical (unpaired) electrons. The van der Waals surface area contributed by atoms with Gasteiger partial charge >= 0.3 is 11.9 Å². The lowest BCUT2D eigenvalue weighted by Crippen LogP contribution is -2.73. The normalized spacial score (nSPS) is 45.1. The molecule has 0 aromatic carbocycles. The van der Waals surface area contributed by atoms with Crippen molar-refractivity contribution in [3.8, 4) is 0 Å². The lowest BCUT2D eigenvalue weighted by molar-refractivity contribution is -0.314. The van der Waals surface area contributed by atoms with Gasteiger partial charge in [-0.05, 0) is 41.7 Å². The Bertz CT molecular complexity index is 1010. The number of fused-ring (bicyclic) bond motifs is 3. The largest absolute Gasteiger partial charge is 0.472 e. The van der Waals surface area contributed by atoms with E-state index in [4.69, 9.17) is 18.6 Å². The molecular formula is C27H36O7. The van der Waals surface area contributed by atoms with Gasteiger partial charge in [0.15, 0.2) is 0 Å². The van der Waals surface area contributed by atoms with E-state index in [1.807, 2.05) is 19.9 Å². The van der Waals surface area contributed by atoms with Crippen LogP contribution in [0.3, 0.4) is 0 Å². The summed E-state index contributed by atoms with van der Waals surface area (Å²) < 4.78 is 23.3. The van der Waals surface area contributed by atoms with E-state index in [2.05, 4.69) is 20.4 Å². The lowest BCUT2D eigenvalue weighted by atomic mass is 9.41. The number of hydrogen-bond donors (Lipinski definition) is 1. The van der Waals surface area contributed by atoms with Gasteiger partial charge < -0.3 is 23.7 Å². The van der Waals surface area contributed by atoms with Crippen LogP contribution in [0, 0.1) is 28.1 Å². The Kier molecular flexibility index (Phi) is 5.17. The molecule has 2 bridgehead atoms. The first-order chi connectivity index (χ1) is 15.9. The molecule has 0 unspecified atom stereocenters. The Morgan fingerprint density at radius 3 is 2.68 bits per heavy atom. The van der Waals surface area contributed by atoms with E-state index in [0.717, 1.165) is 24.0 Å². The summed E-state index contributed by atoms with van der Waals surface area (Å²) in [6.45, 7) is 12.9. The van der Waals surface area contributed by atoms with Crippen LogP contribution in [0.5, 0.6) is 0 Å². The van der Waals surface area contributed by atoms with Crippen molar-refractivity contribution in [1.82, 2.24) is 0 Å². The molecule has 2 aliphatic heterocycles. The van der Waals surface area contributed by atoms with Crippen LogP contribution in [0.4, 0.5) is 0 Å². The van der Waals surface area contributed by atoms with Crippen LogP contribution in [0.1, 0.15) is 71.5 Å². The smallest absolute Gasteiger partial charge is 0.309 e. The summed E-state index contributed by atoms with van der Waals surface area (Å²) >= 11 is 0. The first-order valence-corrected chi connectivity index (χ1v) is 12.3. The Labute approximate surface area is 200 Å². The number of ether oxygens (including phenoxy) is 3. The summed E-state index contributed by atoms with van der Waals surface area (Å²) in [5.74, 6) is -0.752.